The molecule has 0 aliphatic carbocycles. The Morgan fingerprint density at radius 2 is 2.14 bits per heavy atom. The molecule has 28 heavy (non-hydrogen) atoms. The number of hydrogen-bond donors (Lipinski definition) is 2. The van der Waals surface area contributed by atoms with Crippen LogP contribution in [-0.2, 0) is 11.4 Å². The highest BCUT2D eigenvalue weighted by atomic mass is 32.2. The van der Waals surface area contributed by atoms with Crippen molar-refractivity contribution in [3.05, 3.63) is 63.2 Å². The van der Waals surface area contributed by atoms with E-state index in [1.54, 1.807) is 26.2 Å². The van der Waals surface area contributed by atoms with Crippen molar-refractivity contribution in [3.8, 4) is 11.5 Å². The third kappa shape index (κ3) is 4.37. The number of nitrogens with zero attached hydrogens (tertiary/aromatic N) is 1. The van der Waals surface area contributed by atoms with Crippen molar-refractivity contribution in [2.24, 2.45) is 0 Å². The largest absolute Gasteiger partial charge is 0.496 e. The third-order valence-electron chi connectivity index (χ3n) is 4.45. The maximum Gasteiger partial charge on any atom is 0.321 e. The van der Waals surface area contributed by atoms with E-state index in [0.717, 1.165) is 11.1 Å². The lowest BCUT2D eigenvalue weighted by Crippen LogP contribution is -2.33. The number of methoxy groups -OCH3 is 1. The second kappa shape index (κ2) is 8.49. The van der Waals surface area contributed by atoms with Crippen LogP contribution < -0.4 is 14.8 Å². The predicted molar refractivity (Wildman–Crippen MR) is 105 cm³/mol. The highest BCUT2D eigenvalue weighted by molar-refractivity contribution is 7.99. The zero-order chi connectivity index (χ0) is 20.3. The van der Waals surface area contributed by atoms with Gasteiger partial charge in [-0.3, -0.25) is 20.2 Å². The van der Waals surface area contributed by atoms with Gasteiger partial charge in [0.25, 0.3) is 5.69 Å². The molecule has 0 bridgehead atoms. The quantitative estimate of drug-likeness (QED) is 0.534. The minimum atomic E-state index is -0.861. The summed E-state index contributed by atoms with van der Waals surface area (Å²) in [7, 11) is 1.57. The second-order valence-corrected chi connectivity index (χ2v) is 7.47. The average molecular weight is 404 g/mol. The Balaban J connectivity index is 1.75. The normalized spacial score (nSPS) is 18.6. The number of carboxylic acid groups (broad SMARTS) is 1. The Morgan fingerprint density at radius 1 is 1.36 bits per heavy atom. The molecule has 1 saturated heterocycles. The summed E-state index contributed by atoms with van der Waals surface area (Å²) < 4.78 is 11.2. The number of aliphatic carboxylic acids is 1. The van der Waals surface area contributed by atoms with Gasteiger partial charge < -0.3 is 14.6 Å². The van der Waals surface area contributed by atoms with Gasteiger partial charge >= 0.3 is 5.97 Å². The molecule has 148 valence electrons. The molecule has 2 atom stereocenters. The molecule has 1 aliphatic heterocycles. The lowest BCUT2D eigenvalue weighted by atomic mass is 10.1. The van der Waals surface area contributed by atoms with Crippen molar-refractivity contribution >= 4 is 23.4 Å². The first kappa shape index (κ1) is 20.0. The van der Waals surface area contributed by atoms with E-state index >= 15 is 0 Å². The summed E-state index contributed by atoms with van der Waals surface area (Å²) in [5.74, 6) is 0.815. The molecule has 8 nitrogen and oxygen atoms in total. The lowest BCUT2D eigenvalue weighted by molar-refractivity contribution is -0.385. The molecule has 1 aliphatic rings. The van der Waals surface area contributed by atoms with Crippen LogP contribution in [0.4, 0.5) is 5.69 Å². The van der Waals surface area contributed by atoms with Gasteiger partial charge in [0.2, 0.25) is 0 Å². The number of nitro benzene ring substituents is 1. The molecule has 1 fully saturated rings. The van der Waals surface area contributed by atoms with Crippen molar-refractivity contribution < 1.29 is 24.3 Å². The van der Waals surface area contributed by atoms with Gasteiger partial charge in [-0.2, -0.15) is 0 Å². The number of ether oxygens (including phenoxy) is 2. The Morgan fingerprint density at radius 3 is 2.75 bits per heavy atom. The van der Waals surface area contributed by atoms with Gasteiger partial charge in [-0.15, -0.1) is 11.8 Å². The molecule has 0 aromatic heterocycles. The summed E-state index contributed by atoms with van der Waals surface area (Å²) in [6.45, 7) is 1.88. The Labute approximate surface area is 166 Å². The summed E-state index contributed by atoms with van der Waals surface area (Å²) in [5.41, 5.74) is 2.31. The summed E-state index contributed by atoms with van der Waals surface area (Å²) >= 11 is 1.54. The molecular weight excluding hydrogens is 384 g/mol. The van der Waals surface area contributed by atoms with Crippen LogP contribution in [0.25, 0.3) is 0 Å². The van der Waals surface area contributed by atoms with Crippen LogP contribution in [0, 0.1) is 17.0 Å². The third-order valence-corrected chi connectivity index (χ3v) is 5.71. The molecule has 1 heterocycles. The summed E-state index contributed by atoms with van der Waals surface area (Å²) in [4.78, 5) is 21.6. The number of rotatable bonds is 7. The van der Waals surface area contributed by atoms with Crippen LogP contribution in [0.2, 0.25) is 0 Å². The van der Waals surface area contributed by atoms with Crippen molar-refractivity contribution in [1.82, 2.24) is 5.32 Å². The maximum atomic E-state index is 11.1. The first-order chi connectivity index (χ1) is 13.4. The van der Waals surface area contributed by atoms with E-state index in [0.29, 0.717) is 22.8 Å². The molecule has 2 aromatic carbocycles. The van der Waals surface area contributed by atoms with Crippen molar-refractivity contribution in [2.45, 2.75) is 24.9 Å². The average Bonchev–Trinajstić information content (AvgIpc) is 3.16. The van der Waals surface area contributed by atoms with Gasteiger partial charge in [-0.1, -0.05) is 6.07 Å². The number of hydrogen-bond acceptors (Lipinski definition) is 7. The van der Waals surface area contributed by atoms with E-state index in [1.807, 2.05) is 18.2 Å². The van der Waals surface area contributed by atoms with E-state index in [2.05, 4.69) is 5.32 Å². The maximum absolute atomic E-state index is 11.1. The van der Waals surface area contributed by atoms with Gasteiger partial charge in [-0.25, -0.2) is 0 Å². The second-order valence-electron chi connectivity index (χ2n) is 6.34. The molecule has 0 saturated carbocycles. The molecule has 9 heteroatoms. The number of thioether (sulfide) groups is 1. The van der Waals surface area contributed by atoms with Crippen molar-refractivity contribution in [3.63, 3.8) is 0 Å². The van der Waals surface area contributed by atoms with Crippen LogP contribution in [-0.4, -0.2) is 34.9 Å². The van der Waals surface area contributed by atoms with Gasteiger partial charge in [0.15, 0.2) is 0 Å². The van der Waals surface area contributed by atoms with Gasteiger partial charge in [0.1, 0.15) is 24.1 Å². The fraction of sp³-hybridized carbons (Fsp3) is 0.316. The molecule has 0 amide bonds. The minimum absolute atomic E-state index is 0.0456. The summed E-state index contributed by atoms with van der Waals surface area (Å²) in [5, 5.41) is 23.0. The minimum Gasteiger partial charge on any atom is -0.496 e. The van der Waals surface area contributed by atoms with Crippen molar-refractivity contribution in [1.29, 1.82) is 0 Å². The number of nitro groups is 1. The molecule has 3 rings (SSSR count). The predicted octanol–water partition coefficient (Wildman–Crippen LogP) is 3.28. The van der Waals surface area contributed by atoms with Crippen LogP contribution in [0.3, 0.4) is 0 Å². The summed E-state index contributed by atoms with van der Waals surface area (Å²) in [6.07, 6.45) is 0. The molecule has 0 spiro atoms. The van der Waals surface area contributed by atoms with Crippen LogP contribution in [0.1, 0.15) is 22.1 Å². The van der Waals surface area contributed by atoms with Crippen LogP contribution in [0.15, 0.2) is 36.4 Å². The standard InChI is InChI=1S/C19H20N2O6S/c1-11-7-14(4-5-16(11)21(24)25)27-9-13-8-12(3-6-17(13)26-2)18-20-15(10-28-18)19(22)23/h3-8,15,18,20H,9-10H2,1-2H3,(H,22,23)/t15-,18-/m1/s1. The topological polar surface area (TPSA) is 111 Å². The molecular formula is C19H20N2O6S. The zero-order valence-electron chi connectivity index (χ0n) is 15.4. The first-order valence-corrected chi connectivity index (χ1v) is 9.59. The van der Waals surface area contributed by atoms with E-state index in [9.17, 15) is 14.9 Å². The molecule has 0 radical (unpaired) electrons. The fourth-order valence-corrected chi connectivity index (χ4v) is 4.19. The molecule has 2 N–H and O–H groups in total. The molecule has 0 unspecified atom stereocenters. The first-order valence-electron chi connectivity index (χ1n) is 8.54. The number of benzene rings is 2. The summed E-state index contributed by atoms with van der Waals surface area (Å²) in [6, 6.07) is 9.68. The highest BCUT2D eigenvalue weighted by Crippen LogP contribution is 2.35. The highest BCUT2D eigenvalue weighted by Gasteiger charge is 2.30. The lowest BCUT2D eigenvalue weighted by Gasteiger charge is -2.16. The van der Waals surface area contributed by atoms with Crippen molar-refractivity contribution in [2.75, 3.05) is 12.9 Å². The number of aryl methyl sites for hydroxylation is 1. The Hall–Kier alpha value is -2.78. The Bertz CT molecular complexity index is 904. The van der Waals surface area contributed by atoms with Gasteiger partial charge in [-0.05, 0) is 36.8 Å². The smallest absolute Gasteiger partial charge is 0.321 e. The SMILES string of the molecule is COc1ccc([C@@H]2N[C@@H](C(=O)O)CS2)cc1COc1ccc([N+](=O)[O-])c(C)c1. The molecule has 2 aromatic rings. The number of carbonyl (C=O) groups is 1. The Kier molecular flexibility index (Phi) is 6.05. The van der Waals surface area contributed by atoms with E-state index < -0.39 is 16.9 Å². The van der Waals surface area contributed by atoms with Gasteiger partial charge in [0.05, 0.1) is 17.4 Å². The number of carboxylic acids is 1. The van der Waals surface area contributed by atoms with Crippen LogP contribution in [0.5, 0.6) is 11.5 Å². The van der Waals surface area contributed by atoms with E-state index in [4.69, 9.17) is 14.6 Å². The fourth-order valence-electron chi connectivity index (χ4n) is 2.96. The zero-order valence-corrected chi connectivity index (χ0v) is 16.2. The van der Waals surface area contributed by atoms with E-state index in [1.165, 1.54) is 17.8 Å². The van der Waals surface area contributed by atoms with E-state index in [-0.39, 0.29) is 17.7 Å². The van der Waals surface area contributed by atoms with Gasteiger partial charge in [0, 0.05) is 22.9 Å². The monoisotopic (exact) mass is 404 g/mol. The van der Waals surface area contributed by atoms with Crippen LogP contribution >= 0.6 is 11.8 Å². The number of nitrogens with one attached hydrogen (secondary N) is 1.